The van der Waals surface area contributed by atoms with E-state index >= 15 is 0 Å². The van der Waals surface area contributed by atoms with Gasteiger partial charge in [-0.25, -0.2) is 0 Å². The predicted octanol–water partition coefficient (Wildman–Crippen LogP) is 5.15. The van der Waals surface area contributed by atoms with E-state index in [9.17, 15) is 9.59 Å². The Balaban J connectivity index is 1.94. The lowest BCUT2D eigenvalue weighted by atomic mass is 9.97. The Morgan fingerprint density at radius 3 is 2.44 bits per heavy atom. The molecule has 0 N–H and O–H groups in total. The van der Waals surface area contributed by atoms with E-state index < -0.39 is 5.41 Å². The molecule has 0 spiro atoms. The molecule has 1 aromatic heterocycles. The minimum absolute atomic E-state index is 0.107. The average Bonchev–Trinajstić information content (AvgIpc) is 2.59. The highest BCUT2D eigenvalue weighted by molar-refractivity contribution is 5.82. The van der Waals surface area contributed by atoms with E-state index in [1.54, 1.807) is 32.9 Å². The normalized spacial score (nSPS) is 11.4. The van der Waals surface area contributed by atoms with Crippen LogP contribution in [0.5, 0.6) is 17.2 Å². The fourth-order valence-electron chi connectivity index (χ4n) is 2.42. The summed E-state index contributed by atoms with van der Waals surface area (Å²) in [6.07, 6.45) is 1.28. The van der Waals surface area contributed by atoms with E-state index in [4.69, 9.17) is 13.9 Å². The molecule has 2 aromatic carbocycles. The van der Waals surface area contributed by atoms with Gasteiger partial charge in [0.15, 0.2) is 0 Å². The van der Waals surface area contributed by atoms with E-state index in [-0.39, 0.29) is 17.1 Å². The third-order valence-electron chi connectivity index (χ3n) is 4.10. The smallest absolute Gasteiger partial charge is 0.316 e. The highest BCUT2D eigenvalue weighted by Gasteiger charge is 2.24. The summed E-state index contributed by atoms with van der Waals surface area (Å²) in [6.45, 7) is 9.18. The zero-order chi connectivity index (χ0) is 19.8. The van der Waals surface area contributed by atoms with E-state index in [1.165, 1.54) is 12.3 Å². The van der Waals surface area contributed by atoms with Crippen molar-refractivity contribution in [2.24, 2.45) is 5.41 Å². The molecule has 0 saturated heterocycles. The fraction of sp³-hybridized carbons (Fsp3) is 0.273. The average molecular weight is 366 g/mol. The Morgan fingerprint density at radius 1 is 1.00 bits per heavy atom. The number of hydrogen-bond donors (Lipinski definition) is 0. The lowest BCUT2D eigenvalue weighted by Crippen LogP contribution is -2.25. The largest absolute Gasteiger partial charge is 0.460 e. The first-order chi connectivity index (χ1) is 12.6. The van der Waals surface area contributed by atoms with Gasteiger partial charge in [-0.05, 0) is 63.9 Å². The van der Waals surface area contributed by atoms with Gasteiger partial charge >= 0.3 is 5.97 Å². The molecule has 0 radical (unpaired) electrons. The Morgan fingerprint density at radius 2 is 1.74 bits per heavy atom. The maximum absolute atomic E-state index is 12.7. The van der Waals surface area contributed by atoms with Gasteiger partial charge in [0.05, 0.1) is 10.8 Å². The van der Waals surface area contributed by atoms with E-state index in [2.05, 4.69) is 0 Å². The van der Waals surface area contributed by atoms with Gasteiger partial charge in [0.1, 0.15) is 23.3 Å². The molecule has 0 bridgehead atoms. The second-order valence-corrected chi connectivity index (χ2v) is 7.60. The number of carbonyl (C=O) groups excluding carboxylic acids is 1. The van der Waals surface area contributed by atoms with Crippen LogP contribution < -0.4 is 14.9 Å². The zero-order valence-corrected chi connectivity index (χ0v) is 16.1. The van der Waals surface area contributed by atoms with Crippen LogP contribution in [0.15, 0.2) is 51.9 Å². The molecule has 0 amide bonds. The molecule has 0 fully saturated rings. The van der Waals surface area contributed by atoms with Gasteiger partial charge in [0.2, 0.25) is 11.2 Å². The van der Waals surface area contributed by atoms with Gasteiger partial charge in [0.25, 0.3) is 0 Å². The number of fused-ring (bicyclic) bond motifs is 1. The first kappa shape index (κ1) is 18.7. The fourth-order valence-corrected chi connectivity index (χ4v) is 2.42. The van der Waals surface area contributed by atoms with Crippen molar-refractivity contribution < 1.29 is 18.7 Å². The highest BCUT2D eigenvalue weighted by atomic mass is 16.5. The molecule has 0 saturated carbocycles. The van der Waals surface area contributed by atoms with Crippen LogP contribution in [-0.2, 0) is 4.79 Å². The molecule has 1 heterocycles. The van der Waals surface area contributed by atoms with Crippen molar-refractivity contribution in [2.75, 3.05) is 0 Å². The second kappa shape index (κ2) is 6.91. The van der Waals surface area contributed by atoms with E-state index in [0.717, 1.165) is 11.1 Å². The summed E-state index contributed by atoms with van der Waals surface area (Å²) in [7, 11) is 0. The molecule has 3 rings (SSSR count). The third-order valence-corrected chi connectivity index (χ3v) is 4.10. The minimum atomic E-state index is -0.626. The number of ether oxygens (including phenoxy) is 2. The number of aryl methyl sites for hydroxylation is 2. The summed E-state index contributed by atoms with van der Waals surface area (Å²) in [5, 5.41) is 0.355. The number of benzene rings is 2. The summed E-state index contributed by atoms with van der Waals surface area (Å²) in [4.78, 5) is 24.7. The van der Waals surface area contributed by atoms with Crippen LogP contribution in [0.25, 0.3) is 11.0 Å². The molecule has 5 nitrogen and oxygen atoms in total. The molecule has 5 heteroatoms. The molecule has 0 aliphatic rings. The minimum Gasteiger partial charge on any atom is -0.460 e. The molecule has 0 atom stereocenters. The summed E-state index contributed by atoms with van der Waals surface area (Å²) in [5.41, 5.74) is 1.37. The predicted molar refractivity (Wildman–Crippen MR) is 104 cm³/mol. The van der Waals surface area contributed by atoms with Crippen LogP contribution in [0.4, 0.5) is 0 Å². The van der Waals surface area contributed by atoms with Gasteiger partial charge in [-0.15, -0.1) is 0 Å². The number of rotatable bonds is 3. The molecule has 140 valence electrons. The quantitative estimate of drug-likeness (QED) is 0.473. The summed E-state index contributed by atoms with van der Waals surface area (Å²) >= 11 is 0. The van der Waals surface area contributed by atoms with Gasteiger partial charge in [-0.2, -0.15) is 0 Å². The zero-order valence-electron chi connectivity index (χ0n) is 16.1. The maximum atomic E-state index is 12.7. The molecule has 3 aromatic rings. The molecule has 27 heavy (non-hydrogen) atoms. The van der Waals surface area contributed by atoms with Crippen molar-refractivity contribution in [2.45, 2.75) is 34.6 Å². The van der Waals surface area contributed by atoms with Crippen LogP contribution >= 0.6 is 0 Å². The van der Waals surface area contributed by atoms with Gasteiger partial charge in [0, 0.05) is 6.07 Å². The first-order valence-electron chi connectivity index (χ1n) is 8.68. The highest BCUT2D eigenvalue weighted by Crippen LogP contribution is 2.27. The summed E-state index contributed by atoms with van der Waals surface area (Å²) in [6, 6.07) is 10.5. The van der Waals surface area contributed by atoms with Crippen molar-refractivity contribution in [1.82, 2.24) is 0 Å². The number of carbonyl (C=O) groups is 1. The summed E-state index contributed by atoms with van der Waals surface area (Å²) < 4.78 is 16.7. The van der Waals surface area contributed by atoms with Crippen LogP contribution in [0.1, 0.15) is 31.9 Å². The molecular weight excluding hydrogens is 344 g/mol. The maximum Gasteiger partial charge on any atom is 0.316 e. The van der Waals surface area contributed by atoms with Crippen LogP contribution in [-0.4, -0.2) is 5.97 Å². The van der Waals surface area contributed by atoms with Crippen molar-refractivity contribution in [3.05, 3.63) is 64.0 Å². The molecule has 0 aliphatic heterocycles. The Hall–Kier alpha value is -3.08. The Kier molecular flexibility index (Phi) is 4.79. The lowest BCUT2D eigenvalue weighted by molar-refractivity contribution is -0.142. The van der Waals surface area contributed by atoms with Crippen LogP contribution in [0.3, 0.4) is 0 Å². The van der Waals surface area contributed by atoms with Crippen LogP contribution in [0, 0.1) is 19.3 Å². The lowest BCUT2D eigenvalue weighted by Gasteiger charge is -2.16. The number of hydrogen-bond acceptors (Lipinski definition) is 5. The SMILES string of the molecule is Cc1ccc(C)c(Oc2coc3cc(OC(=O)C(C)(C)C)ccc3c2=O)c1. The standard InChI is InChI=1S/C22H22O5/c1-13-6-7-14(2)17(10-13)27-19-12-25-18-11-15(8-9-16(18)20(19)23)26-21(24)22(3,4)5/h6-12H,1-5H3. The van der Waals surface area contributed by atoms with Crippen molar-refractivity contribution >= 4 is 16.9 Å². The Labute approximate surface area is 157 Å². The molecule has 0 unspecified atom stereocenters. The summed E-state index contributed by atoms with van der Waals surface area (Å²) in [5.74, 6) is 0.681. The van der Waals surface area contributed by atoms with Gasteiger partial charge in [-0.1, -0.05) is 12.1 Å². The van der Waals surface area contributed by atoms with Crippen molar-refractivity contribution in [3.63, 3.8) is 0 Å². The molecular formula is C22H22O5. The van der Waals surface area contributed by atoms with Crippen molar-refractivity contribution in [3.8, 4) is 17.2 Å². The topological polar surface area (TPSA) is 65.7 Å². The van der Waals surface area contributed by atoms with Crippen molar-refractivity contribution in [1.29, 1.82) is 0 Å². The number of esters is 1. The van der Waals surface area contributed by atoms with E-state index in [1.807, 2.05) is 32.0 Å². The monoisotopic (exact) mass is 366 g/mol. The van der Waals surface area contributed by atoms with Gasteiger partial charge < -0.3 is 13.9 Å². The second-order valence-electron chi connectivity index (χ2n) is 7.60. The molecule has 0 aliphatic carbocycles. The van der Waals surface area contributed by atoms with Gasteiger partial charge in [-0.3, -0.25) is 9.59 Å². The first-order valence-corrected chi connectivity index (χ1v) is 8.68. The van der Waals surface area contributed by atoms with E-state index in [0.29, 0.717) is 22.5 Å². The Bertz CT molecular complexity index is 1070. The third kappa shape index (κ3) is 4.03. The van der Waals surface area contributed by atoms with Crippen LogP contribution in [0.2, 0.25) is 0 Å².